The molecule has 0 spiro atoms. The SMILES string of the molecule is C=C(F)/C(F)=C\C(=C/C)c1ccc(-c2ccc(OC(F)(F)c3ccc(-c4ccc(C)cn4)cc3)cc2F)cc1F. The highest BCUT2D eigenvalue weighted by molar-refractivity contribution is 5.77. The maximum atomic E-state index is 14.9. The lowest BCUT2D eigenvalue weighted by atomic mass is 9.98. The zero-order valence-electron chi connectivity index (χ0n) is 21.5. The largest absolute Gasteiger partial charge is 0.429 e. The van der Waals surface area contributed by atoms with E-state index in [0.717, 1.165) is 29.8 Å². The quantitative estimate of drug-likeness (QED) is 0.161. The number of hydrogen-bond acceptors (Lipinski definition) is 2. The number of hydrogen-bond donors (Lipinski definition) is 0. The molecule has 1 aromatic heterocycles. The van der Waals surface area contributed by atoms with E-state index in [-0.39, 0.29) is 22.3 Å². The molecule has 0 aliphatic rings. The molecule has 0 aliphatic carbocycles. The van der Waals surface area contributed by atoms with Crippen LogP contribution in [0.5, 0.6) is 5.75 Å². The third-order valence-electron chi connectivity index (χ3n) is 6.06. The van der Waals surface area contributed by atoms with Crippen LogP contribution < -0.4 is 4.74 Å². The van der Waals surface area contributed by atoms with E-state index in [1.165, 1.54) is 55.5 Å². The average Bonchev–Trinajstić information content (AvgIpc) is 2.92. The maximum absolute atomic E-state index is 14.9. The van der Waals surface area contributed by atoms with Gasteiger partial charge in [-0.05, 0) is 73.0 Å². The third kappa shape index (κ3) is 6.34. The lowest BCUT2D eigenvalue weighted by Gasteiger charge is -2.19. The average molecular weight is 552 g/mol. The summed E-state index contributed by atoms with van der Waals surface area (Å²) in [6.07, 6.45) is 0.0741. The van der Waals surface area contributed by atoms with E-state index in [1.807, 2.05) is 13.0 Å². The second-order valence-electron chi connectivity index (χ2n) is 8.89. The van der Waals surface area contributed by atoms with Gasteiger partial charge in [-0.2, -0.15) is 8.78 Å². The molecule has 0 radical (unpaired) electrons. The number of aryl methyl sites for hydroxylation is 1. The molecule has 40 heavy (non-hydrogen) atoms. The Hall–Kier alpha value is -4.59. The van der Waals surface area contributed by atoms with Gasteiger partial charge in [-0.1, -0.05) is 43.0 Å². The second-order valence-corrected chi connectivity index (χ2v) is 8.89. The fourth-order valence-electron chi connectivity index (χ4n) is 3.92. The van der Waals surface area contributed by atoms with Gasteiger partial charge in [-0.3, -0.25) is 4.98 Å². The van der Waals surface area contributed by atoms with Crippen molar-refractivity contribution in [2.24, 2.45) is 0 Å². The van der Waals surface area contributed by atoms with Gasteiger partial charge in [0.2, 0.25) is 0 Å². The minimum atomic E-state index is -3.77. The van der Waals surface area contributed by atoms with Crippen LogP contribution in [-0.4, -0.2) is 4.98 Å². The maximum Gasteiger partial charge on any atom is 0.426 e. The van der Waals surface area contributed by atoms with Crippen LogP contribution >= 0.6 is 0 Å². The Kier molecular flexibility index (Phi) is 8.28. The van der Waals surface area contributed by atoms with Gasteiger partial charge in [0.05, 0.1) is 11.3 Å². The molecule has 0 N–H and O–H groups in total. The lowest BCUT2D eigenvalue weighted by molar-refractivity contribution is -0.185. The molecule has 204 valence electrons. The van der Waals surface area contributed by atoms with Crippen molar-refractivity contribution in [3.8, 4) is 28.1 Å². The summed E-state index contributed by atoms with van der Waals surface area (Å²) in [6.45, 7) is 6.25. The Morgan fingerprint density at radius 3 is 2.15 bits per heavy atom. The molecule has 2 nitrogen and oxygen atoms in total. The zero-order chi connectivity index (χ0) is 29.0. The Morgan fingerprint density at radius 1 is 0.875 bits per heavy atom. The van der Waals surface area contributed by atoms with Crippen LogP contribution in [-0.2, 0) is 6.11 Å². The van der Waals surface area contributed by atoms with E-state index < -0.39 is 40.7 Å². The summed E-state index contributed by atoms with van der Waals surface area (Å²) in [5.41, 5.74) is 1.83. The normalized spacial score (nSPS) is 12.4. The molecular formula is C32H23F6NO. The van der Waals surface area contributed by atoms with Gasteiger partial charge >= 0.3 is 6.11 Å². The molecule has 4 rings (SSSR count). The number of alkyl halides is 2. The molecule has 0 atom stereocenters. The van der Waals surface area contributed by atoms with E-state index in [2.05, 4.69) is 11.6 Å². The summed E-state index contributed by atoms with van der Waals surface area (Å²) in [5, 5.41) is 0. The monoisotopic (exact) mass is 551 g/mol. The first-order chi connectivity index (χ1) is 19.0. The Bertz CT molecular complexity index is 1610. The predicted molar refractivity (Wildman–Crippen MR) is 144 cm³/mol. The number of nitrogens with zero attached hydrogens (tertiary/aromatic N) is 1. The number of aromatic nitrogens is 1. The van der Waals surface area contributed by atoms with E-state index in [1.54, 1.807) is 12.3 Å². The Morgan fingerprint density at radius 2 is 1.57 bits per heavy atom. The highest BCUT2D eigenvalue weighted by atomic mass is 19.3. The Labute approximate surface area is 227 Å². The number of ether oxygens (including phenoxy) is 1. The highest BCUT2D eigenvalue weighted by Gasteiger charge is 2.34. The van der Waals surface area contributed by atoms with Crippen LogP contribution in [0.25, 0.3) is 28.0 Å². The predicted octanol–water partition coefficient (Wildman–Crippen LogP) is 9.87. The number of allylic oxidation sites excluding steroid dienone is 5. The first-order valence-corrected chi connectivity index (χ1v) is 12.1. The first-order valence-electron chi connectivity index (χ1n) is 12.1. The molecule has 1 heterocycles. The fraction of sp³-hybridized carbons (Fsp3) is 0.0938. The molecule has 0 aliphatic heterocycles. The van der Waals surface area contributed by atoms with Crippen molar-refractivity contribution in [1.29, 1.82) is 0 Å². The van der Waals surface area contributed by atoms with Crippen molar-refractivity contribution in [3.05, 3.63) is 138 Å². The van der Waals surface area contributed by atoms with Crippen LogP contribution in [0.15, 0.2) is 109 Å². The smallest absolute Gasteiger partial charge is 0.426 e. The summed E-state index contributed by atoms with van der Waals surface area (Å²) < 4.78 is 90.9. The van der Waals surface area contributed by atoms with Crippen LogP contribution in [0.2, 0.25) is 0 Å². The van der Waals surface area contributed by atoms with Gasteiger partial charge in [0.25, 0.3) is 0 Å². The fourth-order valence-corrected chi connectivity index (χ4v) is 3.92. The number of benzene rings is 3. The number of pyridine rings is 1. The van der Waals surface area contributed by atoms with E-state index in [4.69, 9.17) is 4.74 Å². The van der Waals surface area contributed by atoms with Crippen molar-refractivity contribution >= 4 is 5.57 Å². The van der Waals surface area contributed by atoms with Crippen molar-refractivity contribution in [3.63, 3.8) is 0 Å². The van der Waals surface area contributed by atoms with Crippen molar-refractivity contribution in [1.82, 2.24) is 4.98 Å². The molecule has 0 fully saturated rings. The summed E-state index contributed by atoms with van der Waals surface area (Å²) in [6, 6.07) is 15.8. The topological polar surface area (TPSA) is 22.1 Å². The van der Waals surface area contributed by atoms with Gasteiger partial charge in [-0.15, -0.1) is 0 Å². The number of rotatable bonds is 8. The van der Waals surface area contributed by atoms with Crippen LogP contribution in [0.1, 0.15) is 23.6 Å². The van der Waals surface area contributed by atoms with E-state index in [0.29, 0.717) is 11.3 Å². The van der Waals surface area contributed by atoms with Gasteiger partial charge in [0.1, 0.15) is 17.4 Å². The van der Waals surface area contributed by atoms with Crippen LogP contribution in [0.3, 0.4) is 0 Å². The molecule has 0 bridgehead atoms. The Balaban J connectivity index is 1.53. The molecule has 4 aromatic rings. The summed E-state index contributed by atoms with van der Waals surface area (Å²) >= 11 is 0. The highest BCUT2D eigenvalue weighted by Crippen LogP contribution is 2.35. The van der Waals surface area contributed by atoms with Gasteiger partial charge in [0, 0.05) is 29.0 Å². The minimum Gasteiger partial charge on any atom is -0.429 e. The molecule has 8 heteroatoms. The molecule has 0 saturated carbocycles. The summed E-state index contributed by atoms with van der Waals surface area (Å²) in [4.78, 5) is 4.27. The van der Waals surface area contributed by atoms with Crippen molar-refractivity contribution in [2.75, 3.05) is 0 Å². The van der Waals surface area contributed by atoms with Gasteiger partial charge < -0.3 is 4.74 Å². The molecule has 0 unspecified atom stereocenters. The standard InChI is InChI=1S/C32H23F6NO/c1-4-21(15-28(34)20(3)33)26-12-8-23(16-29(26)35)27-13-11-25(17-30(27)36)40-32(37,38)24-9-6-22(7-10-24)31-14-5-19(2)18-39-31/h4-18H,3H2,1-2H3/b21-4+,28-15+. The zero-order valence-corrected chi connectivity index (χ0v) is 21.5. The second kappa shape index (κ2) is 11.7. The van der Waals surface area contributed by atoms with Crippen LogP contribution in [0.4, 0.5) is 26.3 Å². The molecule has 0 amide bonds. The summed E-state index contributed by atoms with van der Waals surface area (Å²) in [7, 11) is 0. The molecular weight excluding hydrogens is 528 g/mol. The summed E-state index contributed by atoms with van der Waals surface area (Å²) in [5.74, 6) is -4.74. The minimum absolute atomic E-state index is 0.0492. The lowest BCUT2D eigenvalue weighted by Crippen LogP contribution is -2.21. The van der Waals surface area contributed by atoms with Crippen LogP contribution in [0, 0.1) is 18.6 Å². The van der Waals surface area contributed by atoms with Gasteiger partial charge in [0.15, 0.2) is 11.7 Å². The van der Waals surface area contributed by atoms with Crippen molar-refractivity contribution < 1.29 is 31.1 Å². The third-order valence-corrected chi connectivity index (χ3v) is 6.06. The van der Waals surface area contributed by atoms with E-state index in [9.17, 15) is 26.3 Å². The molecule has 0 saturated heterocycles. The van der Waals surface area contributed by atoms with Crippen molar-refractivity contribution in [2.45, 2.75) is 20.0 Å². The van der Waals surface area contributed by atoms with Gasteiger partial charge in [-0.25, -0.2) is 17.6 Å². The van der Waals surface area contributed by atoms with E-state index >= 15 is 0 Å². The number of halogens is 6. The molecule has 3 aromatic carbocycles. The first kappa shape index (κ1) is 28.4.